The van der Waals surface area contributed by atoms with E-state index in [1.807, 2.05) is 13.8 Å². The van der Waals surface area contributed by atoms with Gasteiger partial charge in [0.2, 0.25) is 0 Å². The van der Waals surface area contributed by atoms with Gasteiger partial charge < -0.3 is 5.11 Å². The van der Waals surface area contributed by atoms with Crippen LogP contribution in [-0.2, 0) is 13.0 Å². The van der Waals surface area contributed by atoms with E-state index in [0.29, 0.717) is 12.1 Å². The molecular formula is C14H15F2N3O2. The van der Waals surface area contributed by atoms with E-state index in [1.165, 1.54) is 10.7 Å². The van der Waals surface area contributed by atoms with Gasteiger partial charge in [-0.25, -0.2) is 18.3 Å². The number of halogens is 2. The molecule has 7 heteroatoms. The first-order valence-corrected chi connectivity index (χ1v) is 6.48. The van der Waals surface area contributed by atoms with Crippen LogP contribution in [-0.4, -0.2) is 26.1 Å². The Morgan fingerprint density at radius 2 is 1.95 bits per heavy atom. The highest BCUT2D eigenvalue weighted by molar-refractivity contribution is 5.86. The Kier molecular flexibility index (Phi) is 4.30. The van der Waals surface area contributed by atoms with Crippen LogP contribution in [0.15, 0.2) is 18.2 Å². The van der Waals surface area contributed by atoms with Gasteiger partial charge in [0.05, 0.1) is 12.2 Å². The SMILES string of the molecule is CC(C)Cc1c(C(=O)O)nnn1Cc1c(F)cccc1F. The van der Waals surface area contributed by atoms with Crippen molar-refractivity contribution in [3.63, 3.8) is 0 Å². The molecular weight excluding hydrogens is 280 g/mol. The lowest BCUT2D eigenvalue weighted by Gasteiger charge is -2.10. The zero-order valence-electron chi connectivity index (χ0n) is 11.7. The van der Waals surface area contributed by atoms with E-state index >= 15 is 0 Å². The summed E-state index contributed by atoms with van der Waals surface area (Å²) in [6.45, 7) is 3.63. The summed E-state index contributed by atoms with van der Waals surface area (Å²) in [5.74, 6) is -2.44. The predicted molar refractivity (Wildman–Crippen MR) is 71.0 cm³/mol. The fourth-order valence-corrected chi connectivity index (χ4v) is 2.05. The van der Waals surface area contributed by atoms with Crippen molar-refractivity contribution in [3.05, 3.63) is 46.8 Å². The zero-order chi connectivity index (χ0) is 15.6. The molecule has 112 valence electrons. The molecule has 0 amide bonds. The van der Waals surface area contributed by atoms with Crippen LogP contribution in [0.4, 0.5) is 8.78 Å². The van der Waals surface area contributed by atoms with Crippen LogP contribution >= 0.6 is 0 Å². The Balaban J connectivity index is 2.42. The summed E-state index contributed by atoms with van der Waals surface area (Å²) in [4.78, 5) is 11.1. The van der Waals surface area contributed by atoms with Crippen molar-refractivity contribution >= 4 is 5.97 Å². The average molecular weight is 295 g/mol. The predicted octanol–water partition coefficient (Wildman–Crippen LogP) is 2.50. The lowest BCUT2D eigenvalue weighted by atomic mass is 10.1. The van der Waals surface area contributed by atoms with Gasteiger partial charge in [0, 0.05) is 5.56 Å². The number of carbonyl (C=O) groups is 1. The lowest BCUT2D eigenvalue weighted by Crippen LogP contribution is -2.13. The van der Waals surface area contributed by atoms with Crippen LogP contribution in [0.2, 0.25) is 0 Å². The smallest absolute Gasteiger partial charge is 0.358 e. The summed E-state index contributed by atoms with van der Waals surface area (Å²) in [5, 5.41) is 16.4. The van der Waals surface area contributed by atoms with E-state index in [9.17, 15) is 13.6 Å². The van der Waals surface area contributed by atoms with Crippen molar-refractivity contribution in [2.24, 2.45) is 5.92 Å². The minimum Gasteiger partial charge on any atom is -0.476 e. The van der Waals surface area contributed by atoms with Gasteiger partial charge in [0.25, 0.3) is 0 Å². The zero-order valence-corrected chi connectivity index (χ0v) is 11.7. The van der Waals surface area contributed by atoms with Crippen LogP contribution in [0.3, 0.4) is 0 Å². The molecule has 0 aliphatic carbocycles. The molecule has 0 atom stereocenters. The molecule has 0 aliphatic rings. The number of nitrogens with zero attached hydrogens (tertiary/aromatic N) is 3. The molecule has 1 aromatic carbocycles. The molecule has 0 bridgehead atoms. The van der Waals surface area contributed by atoms with E-state index < -0.39 is 17.6 Å². The van der Waals surface area contributed by atoms with Crippen LogP contribution < -0.4 is 0 Å². The summed E-state index contributed by atoms with van der Waals surface area (Å²) >= 11 is 0. The van der Waals surface area contributed by atoms with E-state index in [4.69, 9.17) is 5.11 Å². The fourth-order valence-electron chi connectivity index (χ4n) is 2.05. The Labute approximate surface area is 120 Å². The molecule has 0 saturated heterocycles. The largest absolute Gasteiger partial charge is 0.476 e. The number of carboxylic acid groups (broad SMARTS) is 1. The molecule has 0 radical (unpaired) electrons. The van der Waals surface area contributed by atoms with E-state index in [2.05, 4.69) is 10.3 Å². The Hall–Kier alpha value is -2.31. The molecule has 2 aromatic rings. The molecule has 0 aliphatic heterocycles. The van der Waals surface area contributed by atoms with Gasteiger partial charge in [-0.15, -0.1) is 5.10 Å². The van der Waals surface area contributed by atoms with Gasteiger partial charge >= 0.3 is 5.97 Å². The maximum atomic E-state index is 13.7. The van der Waals surface area contributed by atoms with Gasteiger partial charge in [-0.2, -0.15) is 0 Å². The number of aromatic nitrogens is 3. The van der Waals surface area contributed by atoms with E-state index in [1.54, 1.807) is 0 Å². The van der Waals surface area contributed by atoms with Crippen molar-refractivity contribution in [3.8, 4) is 0 Å². The maximum Gasteiger partial charge on any atom is 0.358 e. The average Bonchev–Trinajstić information content (AvgIpc) is 2.76. The number of carboxylic acids is 1. The van der Waals surface area contributed by atoms with E-state index in [0.717, 1.165) is 12.1 Å². The van der Waals surface area contributed by atoms with Crippen molar-refractivity contribution in [1.82, 2.24) is 15.0 Å². The molecule has 2 rings (SSSR count). The topological polar surface area (TPSA) is 68.0 Å². The monoisotopic (exact) mass is 295 g/mol. The third kappa shape index (κ3) is 3.24. The minimum absolute atomic E-state index is 0.158. The number of aromatic carboxylic acids is 1. The van der Waals surface area contributed by atoms with Crippen LogP contribution in [0.5, 0.6) is 0 Å². The highest BCUT2D eigenvalue weighted by atomic mass is 19.1. The third-order valence-corrected chi connectivity index (χ3v) is 3.01. The number of benzene rings is 1. The van der Waals surface area contributed by atoms with Crippen molar-refractivity contribution in [1.29, 1.82) is 0 Å². The standard InChI is InChI=1S/C14H15F2N3O2/c1-8(2)6-12-13(14(20)21)17-18-19(12)7-9-10(15)4-3-5-11(9)16/h3-5,8H,6-7H2,1-2H3,(H,20,21). The Bertz CT molecular complexity index is 648. The second kappa shape index (κ2) is 5.99. The molecule has 0 unspecified atom stereocenters. The van der Waals surface area contributed by atoms with Crippen molar-refractivity contribution < 1.29 is 18.7 Å². The number of rotatable bonds is 5. The normalized spacial score (nSPS) is 11.1. The second-order valence-corrected chi connectivity index (χ2v) is 5.15. The van der Waals surface area contributed by atoms with Crippen LogP contribution in [0.1, 0.15) is 35.6 Å². The molecule has 0 spiro atoms. The van der Waals surface area contributed by atoms with E-state index in [-0.39, 0.29) is 23.7 Å². The minimum atomic E-state index is -1.20. The summed E-state index contributed by atoms with van der Waals surface area (Å²) in [6, 6.07) is 3.57. The van der Waals surface area contributed by atoms with Crippen molar-refractivity contribution in [2.75, 3.05) is 0 Å². The lowest BCUT2D eigenvalue weighted by molar-refractivity contribution is 0.0689. The molecule has 1 aromatic heterocycles. The van der Waals surface area contributed by atoms with Gasteiger partial charge in [-0.1, -0.05) is 25.1 Å². The summed E-state index contributed by atoms with van der Waals surface area (Å²) in [7, 11) is 0. The molecule has 0 fully saturated rings. The van der Waals surface area contributed by atoms with Gasteiger partial charge in [-0.05, 0) is 24.5 Å². The summed E-state index contributed by atoms with van der Waals surface area (Å²) < 4.78 is 28.6. The van der Waals surface area contributed by atoms with Gasteiger partial charge in [0.15, 0.2) is 5.69 Å². The van der Waals surface area contributed by atoms with Crippen LogP contribution in [0, 0.1) is 17.6 Å². The first-order chi connectivity index (χ1) is 9.90. The van der Waals surface area contributed by atoms with Gasteiger partial charge in [0.1, 0.15) is 11.6 Å². The highest BCUT2D eigenvalue weighted by Gasteiger charge is 2.21. The third-order valence-electron chi connectivity index (χ3n) is 3.01. The maximum absolute atomic E-state index is 13.7. The first-order valence-electron chi connectivity index (χ1n) is 6.48. The Morgan fingerprint density at radius 1 is 1.33 bits per heavy atom. The molecule has 1 heterocycles. The first kappa shape index (κ1) is 15.1. The number of hydrogen-bond acceptors (Lipinski definition) is 3. The van der Waals surface area contributed by atoms with Crippen LogP contribution in [0.25, 0.3) is 0 Å². The molecule has 21 heavy (non-hydrogen) atoms. The van der Waals surface area contributed by atoms with Crippen molar-refractivity contribution in [2.45, 2.75) is 26.8 Å². The quantitative estimate of drug-likeness (QED) is 0.920. The Morgan fingerprint density at radius 3 is 2.48 bits per heavy atom. The summed E-state index contributed by atoms with van der Waals surface area (Å²) in [6.07, 6.45) is 0.407. The number of hydrogen-bond donors (Lipinski definition) is 1. The highest BCUT2D eigenvalue weighted by Crippen LogP contribution is 2.17. The van der Waals surface area contributed by atoms with Gasteiger partial charge in [-0.3, -0.25) is 0 Å². The molecule has 0 saturated carbocycles. The fraction of sp³-hybridized carbons (Fsp3) is 0.357. The summed E-state index contributed by atoms with van der Waals surface area (Å²) in [5.41, 5.74) is 0.0185. The molecule has 5 nitrogen and oxygen atoms in total. The second-order valence-electron chi connectivity index (χ2n) is 5.15. The molecule has 1 N–H and O–H groups in total.